The second-order valence-electron chi connectivity index (χ2n) is 15.5. The summed E-state index contributed by atoms with van der Waals surface area (Å²) in [5.41, 5.74) is 5.34. The normalized spacial score (nSPS) is 14.0. The number of unbranched alkanes of at least 4 members (excludes halogenated alkanes) is 23. The predicted molar refractivity (Wildman–Crippen MR) is 235 cm³/mol. The first kappa shape index (κ1) is 55.7. The van der Waals surface area contributed by atoms with E-state index < -0.39 is 51.1 Å². The Labute approximate surface area is 353 Å². The van der Waals surface area contributed by atoms with Crippen molar-refractivity contribution < 1.29 is 47.5 Å². The number of esters is 2. The Morgan fingerprint density at radius 3 is 1.41 bits per heavy atom. The number of aliphatic carboxylic acids is 1. The van der Waals surface area contributed by atoms with Crippen LogP contribution < -0.4 is 5.73 Å². The van der Waals surface area contributed by atoms with E-state index in [1.165, 1.54) is 109 Å². The van der Waals surface area contributed by atoms with Gasteiger partial charge in [0.05, 0.1) is 13.2 Å². The molecule has 0 radical (unpaired) electrons. The highest BCUT2D eigenvalue weighted by Crippen LogP contribution is 2.43. The minimum absolute atomic E-state index is 0.154. The van der Waals surface area contributed by atoms with Gasteiger partial charge in [0.1, 0.15) is 12.6 Å². The molecular formula is C46H84NO10P. The average Bonchev–Trinajstić information content (AvgIpc) is 3.20. The highest BCUT2D eigenvalue weighted by atomic mass is 31.2. The van der Waals surface area contributed by atoms with Gasteiger partial charge in [0.2, 0.25) is 0 Å². The van der Waals surface area contributed by atoms with Crippen molar-refractivity contribution in [1.29, 1.82) is 0 Å². The molecule has 0 aromatic carbocycles. The smallest absolute Gasteiger partial charge is 0.472 e. The molecule has 0 aliphatic rings. The van der Waals surface area contributed by atoms with E-state index in [1.54, 1.807) is 0 Å². The van der Waals surface area contributed by atoms with Crippen LogP contribution in [0.25, 0.3) is 0 Å². The number of carbonyl (C=O) groups excluding carboxylic acids is 2. The lowest BCUT2D eigenvalue weighted by Crippen LogP contribution is -2.34. The number of carbonyl (C=O) groups is 3. The van der Waals surface area contributed by atoms with E-state index in [2.05, 4.69) is 54.8 Å². The molecule has 0 aromatic heterocycles. The molecule has 0 saturated carbocycles. The summed E-state index contributed by atoms with van der Waals surface area (Å²) in [6.45, 7) is 2.77. The Hall–Kier alpha value is -2.30. The van der Waals surface area contributed by atoms with E-state index >= 15 is 0 Å². The highest BCUT2D eigenvalue weighted by molar-refractivity contribution is 7.47. The zero-order valence-corrected chi connectivity index (χ0v) is 37.5. The molecule has 0 aliphatic heterocycles. The van der Waals surface area contributed by atoms with Crippen LogP contribution in [-0.4, -0.2) is 59.9 Å². The molecule has 0 saturated heterocycles. The third kappa shape index (κ3) is 40.5. The standard InChI is InChI=1S/C46H84NO10P/c1-3-5-7-9-11-13-15-17-19-20-21-22-24-26-28-30-32-34-36-38-45(49)57-42(40-55-58(52,53)56-41-43(47)46(50)51)39-54-44(48)37-35-33-31-29-27-25-23-18-16-14-12-10-8-6-4-2/h11,13,17,19,25,27,42-43H,3-10,12,14-16,18,20-24,26,28-41,47H2,1-2H3,(H,50,51)(H,52,53)/b13-11+,19-17+,27-25+/t42-,43+/m1/s1. The molecule has 0 fully saturated rings. The van der Waals surface area contributed by atoms with Crippen molar-refractivity contribution in [3.63, 3.8) is 0 Å². The Morgan fingerprint density at radius 1 is 0.534 bits per heavy atom. The fourth-order valence-electron chi connectivity index (χ4n) is 6.21. The quantitative estimate of drug-likeness (QED) is 0.0231. The topological polar surface area (TPSA) is 172 Å². The molecule has 11 nitrogen and oxygen atoms in total. The van der Waals surface area contributed by atoms with Gasteiger partial charge in [-0.3, -0.25) is 23.4 Å². The second-order valence-corrected chi connectivity index (χ2v) is 17.0. The van der Waals surface area contributed by atoms with Crippen LogP contribution >= 0.6 is 7.82 Å². The first-order chi connectivity index (χ1) is 28.1. The molecule has 0 heterocycles. The van der Waals surface area contributed by atoms with Crippen LogP contribution in [0.15, 0.2) is 36.5 Å². The number of ether oxygens (including phenoxy) is 2. The van der Waals surface area contributed by atoms with Crippen LogP contribution in [-0.2, 0) is 37.5 Å². The number of allylic oxidation sites excluding steroid dienone is 6. The van der Waals surface area contributed by atoms with Crippen molar-refractivity contribution >= 4 is 25.7 Å². The summed E-state index contributed by atoms with van der Waals surface area (Å²) in [7, 11) is -4.72. The van der Waals surface area contributed by atoms with Gasteiger partial charge in [-0.25, -0.2) is 4.57 Å². The van der Waals surface area contributed by atoms with Crippen molar-refractivity contribution in [2.24, 2.45) is 5.73 Å². The van der Waals surface area contributed by atoms with Crippen molar-refractivity contribution in [1.82, 2.24) is 0 Å². The van der Waals surface area contributed by atoms with Gasteiger partial charge >= 0.3 is 25.7 Å². The molecule has 58 heavy (non-hydrogen) atoms. The van der Waals surface area contributed by atoms with E-state index in [-0.39, 0.29) is 19.4 Å². The summed E-state index contributed by atoms with van der Waals surface area (Å²) >= 11 is 0. The number of hydrogen-bond donors (Lipinski definition) is 3. The van der Waals surface area contributed by atoms with Gasteiger partial charge in [-0.15, -0.1) is 0 Å². The molecule has 3 atom stereocenters. The minimum Gasteiger partial charge on any atom is -0.480 e. The molecule has 0 amide bonds. The lowest BCUT2D eigenvalue weighted by atomic mass is 10.1. The number of hydrogen-bond acceptors (Lipinski definition) is 9. The molecule has 0 rings (SSSR count). The molecule has 0 spiro atoms. The van der Waals surface area contributed by atoms with E-state index in [4.69, 9.17) is 24.8 Å². The van der Waals surface area contributed by atoms with Crippen molar-refractivity contribution in [3.05, 3.63) is 36.5 Å². The van der Waals surface area contributed by atoms with E-state index in [1.807, 2.05) is 0 Å². The van der Waals surface area contributed by atoms with Crippen molar-refractivity contribution in [2.45, 2.75) is 219 Å². The largest absolute Gasteiger partial charge is 0.480 e. The van der Waals surface area contributed by atoms with Crippen LogP contribution in [0.3, 0.4) is 0 Å². The lowest BCUT2D eigenvalue weighted by Gasteiger charge is -2.20. The van der Waals surface area contributed by atoms with Crippen LogP contribution in [0.1, 0.15) is 206 Å². The Morgan fingerprint density at radius 2 is 0.914 bits per heavy atom. The molecule has 0 aromatic rings. The van der Waals surface area contributed by atoms with E-state index in [0.717, 1.165) is 57.8 Å². The molecule has 12 heteroatoms. The Balaban J connectivity index is 4.34. The zero-order valence-electron chi connectivity index (χ0n) is 36.6. The first-order valence-electron chi connectivity index (χ1n) is 23.0. The summed E-state index contributed by atoms with van der Waals surface area (Å²) in [5, 5.41) is 8.90. The third-order valence-corrected chi connectivity index (χ3v) is 10.8. The number of nitrogens with two attached hydrogens (primary N) is 1. The van der Waals surface area contributed by atoms with Crippen LogP contribution in [0.2, 0.25) is 0 Å². The SMILES string of the molecule is CCCCC/C=C/C/C=C/CCCCCCCCCCCC(=O)O[C@H](COC(=O)CCCCC/C=C/CCCCCCCCCC)COP(=O)(O)OC[C@H](N)C(=O)O. The molecule has 0 bridgehead atoms. The molecule has 0 aliphatic carbocycles. The van der Waals surface area contributed by atoms with Crippen LogP contribution in [0.5, 0.6) is 0 Å². The lowest BCUT2D eigenvalue weighted by molar-refractivity contribution is -0.161. The van der Waals surface area contributed by atoms with Gasteiger partial charge in [-0.05, 0) is 70.6 Å². The van der Waals surface area contributed by atoms with Gasteiger partial charge in [0, 0.05) is 12.8 Å². The summed E-state index contributed by atoms with van der Waals surface area (Å²) in [6, 6.07) is -1.52. The third-order valence-electron chi connectivity index (χ3n) is 9.86. The minimum atomic E-state index is -4.72. The summed E-state index contributed by atoms with van der Waals surface area (Å²) in [6.07, 6.45) is 44.9. The number of carboxylic acids is 1. The molecule has 1 unspecified atom stereocenters. The van der Waals surface area contributed by atoms with Crippen LogP contribution in [0.4, 0.5) is 0 Å². The number of carboxylic acid groups (broad SMARTS) is 1. The average molecular weight is 842 g/mol. The Kier molecular flexibility index (Phi) is 39.8. The fourth-order valence-corrected chi connectivity index (χ4v) is 6.99. The summed E-state index contributed by atoms with van der Waals surface area (Å²) in [5.74, 6) is -2.40. The zero-order chi connectivity index (χ0) is 42.8. The number of phosphoric ester groups is 1. The maximum atomic E-state index is 12.6. The maximum Gasteiger partial charge on any atom is 0.472 e. The highest BCUT2D eigenvalue weighted by Gasteiger charge is 2.28. The van der Waals surface area contributed by atoms with Gasteiger partial charge in [0.25, 0.3) is 0 Å². The monoisotopic (exact) mass is 842 g/mol. The summed E-state index contributed by atoms with van der Waals surface area (Å²) in [4.78, 5) is 46.0. The molecule has 338 valence electrons. The maximum absolute atomic E-state index is 12.6. The van der Waals surface area contributed by atoms with E-state index in [0.29, 0.717) is 12.8 Å². The van der Waals surface area contributed by atoms with Crippen LogP contribution in [0, 0.1) is 0 Å². The van der Waals surface area contributed by atoms with Gasteiger partial charge < -0.3 is 25.2 Å². The van der Waals surface area contributed by atoms with Crippen molar-refractivity contribution in [2.75, 3.05) is 19.8 Å². The summed E-state index contributed by atoms with van der Waals surface area (Å²) < 4.78 is 32.7. The van der Waals surface area contributed by atoms with Gasteiger partial charge in [-0.2, -0.15) is 0 Å². The van der Waals surface area contributed by atoms with Crippen molar-refractivity contribution in [3.8, 4) is 0 Å². The first-order valence-corrected chi connectivity index (χ1v) is 24.5. The number of rotatable bonds is 43. The van der Waals surface area contributed by atoms with Gasteiger partial charge in [-0.1, -0.05) is 159 Å². The number of phosphoric acid groups is 1. The second kappa shape index (κ2) is 41.4. The fraction of sp³-hybridized carbons (Fsp3) is 0.804. The molecular weight excluding hydrogens is 757 g/mol. The predicted octanol–water partition coefficient (Wildman–Crippen LogP) is 12.4. The van der Waals surface area contributed by atoms with Gasteiger partial charge in [0.15, 0.2) is 6.10 Å². The van der Waals surface area contributed by atoms with E-state index in [9.17, 15) is 23.8 Å². The Bertz CT molecular complexity index is 1130. The molecule has 4 N–H and O–H groups in total.